The number of rotatable bonds is 14. The summed E-state index contributed by atoms with van der Waals surface area (Å²) in [7, 11) is 5.83. The van der Waals surface area contributed by atoms with E-state index in [1.165, 1.54) is 11.1 Å². The molecule has 2 aromatic rings. The molecule has 0 spiro atoms. The lowest BCUT2D eigenvalue weighted by Gasteiger charge is -2.32. The summed E-state index contributed by atoms with van der Waals surface area (Å²) in [5, 5.41) is 20.2. The van der Waals surface area contributed by atoms with E-state index < -0.39 is 6.10 Å². The number of hydrogen-bond donors (Lipinski definition) is 1. The first-order valence-electron chi connectivity index (χ1n) is 12.7. The van der Waals surface area contributed by atoms with Crippen LogP contribution in [0.3, 0.4) is 0 Å². The van der Waals surface area contributed by atoms with Crippen LogP contribution in [0.5, 0.6) is 5.75 Å². The Balaban J connectivity index is 1.45. The van der Waals surface area contributed by atoms with Crippen molar-refractivity contribution in [3.05, 3.63) is 64.7 Å². The van der Waals surface area contributed by atoms with Crippen LogP contribution in [0.25, 0.3) is 0 Å². The van der Waals surface area contributed by atoms with Gasteiger partial charge in [-0.05, 0) is 54.0 Å². The Bertz CT molecular complexity index is 1020. The van der Waals surface area contributed by atoms with Gasteiger partial charge in [0.05, 0.1) is 32.8 Å². The molecule has 2 aromatic carbocycles. The van der Waals surface area contributed by atoms with E-state index in [4.69, 9.17) is 14.2 Å². The fourth-order valence-electron chi connectivity index (χ4n) is 4.78. The zero-order valence-corrected chi connectivity index (χ0v) is 21.7. The fourth-order valence-corrected chi connectivity index (χ4v) is 4.78. The first-order valence-corrected chi connectivity index (χ1v) is 12.7. The maximum Gasteiger partial charge on any atom is 0.306 e. The lowest BCUT2D eigenvalue weighted by atomic mass is 10.0. The van der Waals surface area contributed by atoms with Crippen LogP contribution in [0.1, 0.15) is 35.1 Å². The van der Waals surface area contributed by atoms with Crippen LogP contribution in [0.2, 0.25) is 0 Å². The molecule has 0 aromatic heterocycles. The minimum Gasteiger partial charge on any atom is -0.489 e. The number of carbonyl (C=O) groups excluding carboxylic acids is 1. The number of carbonyl (C=O) groups is 1. The molecule has 1 N–H and O–H groups in total. The molecular formula is C29H39N2O5+. The number of quaternary nitrogens is 1. The number of aliphatic hydroxyl groups is 1. The van der Waals surface area contributed by atoms with Crippen LogP contribution in [-0.4, -0.2) is 75.8 Å². The molecule has 36 heavy (non-hydrogen) atoms. The summed E-state index contributed by atoms with van der Waals surface area (Å²) in [4.78, 5) is 11.8. The first-order chi connectivity index (χ1) is 17.3. The van der Waals surface area contributed by atoms with Gasteiger partial charge in [0, 0.05) is 20.0 Å². The number of fused-ring (bicyclic) bond motifs is 1. The van der Waals surface area contributed by atoms with Crippen molar-refractivity contribution < 1.29 is 28.6 Å². The van der Waals surface area contributed by atoms with Gasteiger partial charge < -0.3 is 23.8 Å². The van der Waals surface area contributed by atoms with E-state index in [0.717, 1.165) is 31.4 Å². The van der Waals surface area contributed by atoms with Crippen LogP contribution in [0.4, 0.5) is 0 Å². The van der Waals surface area contributed by atoms with Crippen LogP contribution in [0.15, 0.2) is 42.5 Å². The van der Waals surface area contributed by atoms with E-state index >= 15 is 0 Å². The molecule has 7 heteroatoms. The second-order valence-corrected chi connectivity index (χ2v) is 10.3. The van der Waals surface area contributed by atoms with Crippen molar-refractivity contribution in [1.29, 1.82) is 5.26 Å². The molecule has 0 fully saturated rings. The predicted octanol–water partition coefficient (Wildman–Crippen LogP) is 3.30. The molecular weight excluding hydrogens is 456 g/mol. The summed E-state index contributed by atoms with van der Waals surface area (Å²) in [6, 6.07) is 16.1. The van der Waals surface area contributed by atoms with Gasteiger partial charge in [-0.15, -0.1) is 0 Å². The van der Waals surface area contributed by atoms with Crippen LogP contribution < -0.4 is 4.74 Å². The van der Waals surface area contributed by atoms with Gasteiger partial charge in [0.2, 0.25) is 0 Å². The lowest BCUT2D eigenvalue weighted by Crippen LogP contribution is -2.48. The summed E-state index contributed by atoms with van der Waals surface area (Å²) >= 11 is 0. The molecule has 0 amide bonds. The topological polar surface area (TPSA) is 88.8 Å². The Labute approximate surface area is 214 Å². The van der Waals surface area contributed by atoms with Gasteiger partial charge in [-0.25, -0.2) is 0 Å². The Morgan fingerprint density at radius 1 is 1.17 bits per heavy atom. The predicted molar refractivity (Wildman–Crippen MR) is 138 cm³/mol. The third-order valence-electron chi connectivity index (χ3n) is 6.75. The average molecular weight is 496 g/mol. The molecule has 0 saturated heterocycles. The molecule has 7 nitrogen and oxygen atoms in total. The third kappa shape index (κ3) is 8.63. The van der Waals surface area contributed by atoms with Crippen molar-refractivity contribution in [3.63, 3.8) is 0 Å². The second-order valence-electron chi connectivity index (χ2n) is 10.3. The third-order valence-corrected chi connectivity index (χ3v) is 6.75. The average Bonchev–Trinajstić information content (AvgIpc) is 3.28. The van der Waals surface area contributed by atoms with Gasteiger partial charge in [0.15, 0.2) is 0 Å². The molecule has 1 atom stereocenters. The van der Waals surface area contributed by atoms with E-state index in [9.17, 15) is 15.2 Å². The van der Waals surface area contributed by atoms with Crippen molar-refractivity contribution >= 4 is 5.97 Å². The van der Waals surface area contributed by atoms with Gasteiger partial charge in [0.1, 0.15) is 37.7 Å². The number of nitriles is 1. The highest BCUT2D eigenvalue weighted by atomic mass is 16.6. The van der Waals surface area contributed by atoms with E-state index in [-0.39, 0.29) is 25.6 Å². The first kappa shape index (κ1) is 27.7. The van der Waals surface area contributed by atoms with Gasteiger partial charge in [-0.2, -0.15) is 5.26 Å². The summed E-state index contributed by atoms with van der Waals surface area (Å²) < 4.78 is 16.5. The summed E-state index contributed by atoms with van der Waals surface area (Å²) in [5.41, 5.74) is 4.22. The fraction of sp³-hybridized carbons (Fsp3) is 0.517. The van der Waals surface area contributed by atoms with Gasteiger partial charge >= 0.3 is 5.97 Å². The standard InChI is InChI=1S/C29H39N2O5/c1-31(2,13-12-23-16-24-6-4-5-7-25(24)17-23)20-27(32)21-36-28-18-22(8-10-26(28)19-30)9-11-29(33)35-15-14-34-3/h4-8,10,18,23,27,32H,9,11-17,20-21H2,1-3H3/q+1/t27-/m1/s1. The minimum absolute atomic E-state index is 0.105. The van der Waals surface area contributed by atoms with Gasteiger partial charge in [0.25, 0.3) is 0 Å². The number of likely N-dealkylation sites (N-methyl/N-ethyl adjacent to an activating group) is 1. The van der Waals surface area contributed by atoms with Crippen molar-refractivity contribution in [2.24, 2.45) is 5.92 Å². The maximum atomic E-state index is 11.8. The molecule has 0 saturated carbocycles. The smallest absolute Gasteiger partial charge is 0.306 e. The van der Waals surface area contributed by atoms with Crippen molar-refractivity contribution in [1.82, 2.24) is 0 Å². The highest BCUT2D eigenvalue weighted by Crippen LogP contribution is 2.29. The maximum absolute atomic E-state index is 11.8. The molecule has 0 heterocycles. The highest BCUT2D eigenvalue weighted by molar-refractivity contribution is 5.69. The van der Waals surface area contributed by atoms with E-state index in [1.807, 2.05) is 6.07 Å². The van der Waals surface area contributed by atoms with Gasteiger partial charge in [-0.3, -0.25) is 4.79 Å². The van der Waals surface area contributed by atoms with Crippen molar-refractivity contribution in [2.45, 2.75) is 38.2 Å². The number of nitrogens with zero attached hydrogens (tertiary/aromatic N) is 2. The number of ether oxygens (including phenoxy) is 3. The highest BCUT2D eigenvalue weighted by Gasteiger charge is 2.26. The van der Waals surface area contributed by atoms with Crippen LogP contribution >= 0.6 is 0 Å². The Hall–Kier alpha value is -2.92. The van der Waals surface area contributed by atoms with Crippen LogP contribution in [-0.2, 0) is 33.5 Å². The normalized spacial score (nSPS) is 14.2. The van der Waals surface area contributed by atoms with E-state index in [1.54, 1.807) is 19.2 Å². The Morgan fingerprint density at radius 2 is 1.89 bits per heavy atom. The second kappa shape index (κ2) is 13.4. The van der Waals surface area contributed by atoms with E-state index in [0.29, 0.717) is 41.3 Å². The number of methoxy groups -OCH3 is 1. The molecule has 0 radical (unpaired) electrons. The number of aliphatic hydroxyl groups excluding tert-OH is 1. The zero-order chi connectivity index (χ0) is 26.0. The van der Waals surface area contributed by atoms with Crippen molar-refractivity contribution in [2.75, 3.05) is 54.1 Å². The summed E-state index contributed by atoms with van der Waals surface area (Å²) in [6.45, 7) is 2.25. The molecule has 1 aliphatic carbocycles. The number of benzene rings is 2. The largest absolute Gasteiger partial charge is 0.489 e. The molecule has 0 unspecified atom stereocenters. The monoisotopic (exact) mass is 495 g/mol. The molecule has 0 aliphatic heterocycles. The molecule has 194 valence electrons. The SMILES string of the molecule is COCCOC(=O)CCc1ccc(C#N)c(OC[C@H](O)C[N+](C)(C)CCC2Cc3ccccc3C2)c1. The molecule has 1 aliphatic rings. The van der Waals surface area contributed by atoms with Crippen molar-refractivity contribution in [3.8, 4) is 11.8 Å². The van der Waals surface area contributed by atoms with Gasteiger partial charge in [-0.1, -0.05) is 30.3 Å². The zero-order valence-electron chi connectivity index (χ0n) is 21.7. The van der Waals surface area contributed by atoms with E-state index in [2.05, 4.69) is 44.4 Å². The lowest BCUT2D eigenvalue weighted by molar-refractivity contribution is -0.894. The Morgan fingerprint density at radius 3 is 2.56 bits per heavy atom. The number of aryl methyl sites for hydroxylation is 1. The number of hydrogen-bond acceptors (Lipinski definition) is 6. The minimum atomic E-state index is -0.660. The number of esters is 1. The quantitative estimate of drug-likeness (QED) is 0.246. The summed E-state index contributed by atoms with van der Waals surface area (Å²) in [5.74, 6) is 0.790. The molecule has 0 bridgehead atoms. The Kier molecular flexibility index (Phi) is 10.3. The van der Waals surface area contributed by atoms with Crippen LogP contribution in [0, 0.1) is 17.2 Å². The summed E-state index contributed by atoms with van der Waals surface area (Å²) in [6.07, 6.45) is 3.44. The molecule has 3 rings (SSSR count).